The molecule has 0 bridgehead atoms. The average molecular weight is 293 g/mol. The second-order valence-corrected chi connectivity index (χ2v) is 5.09. The molecule has 110 valence electrons. The minimum Gasteiger partial charge on any atom is -0.422 e. The highest BCUT2D eigenvalue weighted by atomic mass is 16.5. The Hall–Kier alpha value is -2.88. The number of carbonyl (C=O) groups excluding carboxylic acids is 1. The standard InChI is InChI=1S/C18H15NO3/c1-12-16(22-18(21)13-8-4-3-5-9-13)14-10-6-7-11-15(14)19(2)17(12)20/h3-11H,1-2H3. The average Bonchev–Trinajstić information content (AvgIpc) is 2.57. The normalized spacial score (nSPS) is 10.6. The molecule has 1 aromatic heterocycles. The topological polar surface area (TPSA) is 48.3 Å². The van der Waals surface area contributed by atoms with Crippen molar-refractivity contribution >= 4 is 16.9 Å². The third kappa shape index (κ3) is 2.29. The van der Waals surface area contributed by atoms with Crippen molar-refractivity contribution in [2.24, 2.45) is 7.05 Å². The molecule has 2 aromatic carbocycles. The molecule has 0 aliphatic carbocycles. The van der Waals surface area contributed by atoms with E-state index in [4.69, 9.17) is 4.74 Å². The first-order valence-electron chi connectivity index (χ1n) is 6.95. The fourth-order valence-electron chi connectivity index (χ4n) is 2.48. The van der Waals surface area contributed by atoms with Crippen LogP contribution in [0.15, 0.2) is 59.4 Å². The van der Waals surface area contributed by atoms with Crippen molar-refractivity contribution in [3.05, 3.63) is 76.1 Å². The lowest BCUT2D eigenvalue weighted by atomic mass is 10.1. The van der Waals surface area contributed by atoms with Crippen LogP contribution < -0.4 is 10.3 Å². The van der Waals surface area contributed by atoms with Crippen LogP contribution in [0, 0.1) is 6.92 Å². The van der Waals surface area contributed by atoms with Gasteiger partial charge >= 0.3 is 5.97 Å². The Labute approximate surface area is 127 Å². The molecule has 0 unspecified atom stereocenters. The van der Waals surface area contributed by atoms with Crippen LogP contribution >= 0.6 is 0 Å². The van der Waals surface area contributed by atoms with Gasteiger partial charge in [-0.15, -0.1) is 0 Å². The van der Waals surface area contributed by atoms with Crippen molar-refractivity contribution in [1.82, 2.24) is 4.57 Å². The van der Waals surface area contributed by atoms with E-state index >= 15 is 0 Å². The number of rotatable bonds is 2. The number of ether oxygens (including phenoxy) is 1. The zero-order valence-electron chi connectivity index (χ0n) is 12.4. The first-order valence-corrected chi connectivity index (χ1v) is 6.95. The van der Waals surface area contributed by atoms with E-state index in [0.29, 0.717) is 16.9 Å². The highest BCUT2D eigenvalue weighted by molar-refractivity contribution is 5.95. The van der Waals surface area contributed by atoms with Crippen LogP contribution in [0.2, 0.25) is 0 Å². The lowest BCUT2D eigenvalue weighted by Gasteiger charge is -2.13. The van der Waals surface area contributed by atoms with E-state index in [2.05, 4.69) is 0 Å². The van der Waals surface area contributed by atoms with Crippen LogP contribution in [0.3, 0.4) is 0 Å². The summed E-state index contributed by atoms with van der Waals surface area (Å²) >= 11 is 0. The van der Waals surface area contributed by atoms with Crippen LogP contribution in [0.5, 0.6) is 5.75 Å². The predicted molar refractivity (Wildman–Crippen MR) is 85.3 cm³/mol. The van der Waals surface area contributed by atoms with Gasteiger partial charge in [-0.2, -0.15) is 0 Å². The van der Waals surface area contributed by atoms with Gasteiger partial charge in [-0.25, -0.2) is 4.79 Å². The largest absolute Gasteiger partial charge is 0.422 e. The molecular formula is C18H15NO3. The van der Waals surface area contributed by atoms with E-state index in [9.17, 15) is 9.59 Å². The van der Waals surface area contributed by atoms with Gasteiger partial charge in [0.05, 0.1) is 16.6 Å². The summed E-state index contributed by atoms with van der Waals surface area (Å²) in [5.74, 6) is -0.144. The Morgan fingerprint density at radius 3 is 2.36 bits per heavy atom. The maximum atomic E-state index is 12.3. The van der Waals surface area contributed by atoms with Crippen LogP contribution in [0.25, 0.3) is 10.9 Å². The number of hydrogen-bond acceptors (Lipinski definition) is 3. The Morgan fingerprint density at radius 1 is 1.00 bits per heavy atom. The number of carbonyl (C=O) groups is 1. The molecule has 1 heterocycles. The molecule has 4 heteroatoms. The van der Waals surface area contributed by atoms with E-state index in [1.165, 1.54) is 0 Å². The maximum absolute atomic E-state index is 12.3. The molecule has 3 rings (SSSR count). The number of aryl methyl sites for hydroxylation is 1. The quantitative estimate of drug-likeness (QED) is 0.682. The molecule has 0 aliphatic rings. The van der Waals surface area contributed by atoms with Crippen molar-refractivity contribution in [1.29, 1.82) is 0 Å². The molecule has 0 radical (unpaired) electrons. The van der Waals surface area contributed by atoms with Gasteiger partial charge in [0.15, 0.2) is 0 Å². The first kappa shape index (κ1) is 14.1. The summed E-state index contributed by atoms with van der Waals surface area (Å²) in [4.78, 5) is 24.6. The van der Waals surface area contributed by atoms with Crippen molar-refractivity contribution < 1.29 is 9.53 Å². The van der Waals surface area contributed by atoms with E-state index in [1.807, 2.05) is 30.3 Å². The van der Waals surface area contributed by atoms with E-state index < -0.39 is 5.97 Å². The maximum Gasteiger partial charge on any atom is 0.343 e. The fraction of sp³-hybridized carbons (Fsp3) is 0.111. The zero-order chi connectivity index (χ0) is 15.7. The number of pyridine rings is 1. The summed E-state index contributed by atoms with van der Waals surface area (Å²) in [7, 11) is 1.71. The summed E-state index contributed by atoms with van der Waals surface area (Å²) in [6.45, 7) is 1.67. The Kier molecular flexibility index (Phi) is 3.51. The third-order valence-corrected chi connectivity index (χ3v) is 3.68. The predicted octanol–water partition coefficient (Wildman–Crippen LogP) is 3.07. The molecule has 0 spiro atoms. The van der Waals surface area contributed by atoms with Crippen LogP contribution in [0.4, 0.5) is 0 Å². The van der Waals surface area contributed by atoms with E-state index in [-0.39, 0.29) is 5.56 Å². The number of esters is 1. The summed E-state index contributed by atoms with van der Waals surface area (Å²) in [6, 6.07) is 16.1. The van der Waals surface area contributed by atoms with E-state index in [1.54, 1.807) is 42.8 Å². The van der Waals surface area contributed by atoms with Gasteiger partial charge in [-0.05, 0) is 31.2 Å². The lowest BCUT2D eigenvalue weighted by molar-refractivity contribution is 0.0735. The number of aromatic nitrogens is 1. The van der Waals surface area contributed by atoms with Crippen LogP contribution in [0.1, 0.15) is 15.9 Å². The number of nitrogens with zero attached hydrogens (tertiary/aromatic N) is 1. The summed E-state index contributed by atoms with van der Waals surface area (Å²) < 4.78 is 7.09. The molecule has 0 N–H and O–H groups in total. The Bertz CT molecular complexity index is 911. The molecule has 3 aromatic rings. The van der Waals surface area contributed by atoms with Gasteiger partial charge < -0.3 is 9.30 Å². The summed E-state index contributed by atoms with van der Waals surface area (Å²) in [6.07, 6.45) is 0. The number of para-hydroxylation sites is 1. The smallest absolute Gasteiger partial charge is 0.343 e. The Balaban J connectivity index is 2.15. The fourth-order valence-corrected chi connectivity index (χ4v) is 2.48. The van der Waals surface area contributed by atoms with Gasteiger partial charge in [0.2, 0.25) is 0 Å². The van der Waals surface area contributed by atoms with Crippen molar-refractivity contribution in [2.75, 3.05) is 0 Å². The van der Waals surface area contributed by atoms with Gasteiger partial charge in [-0.1, -0.05) is 30.3 Å². The lowest BCUT2D eigenvalue weighted by Crippen LogP contribution is -2.22. The molecule has 0 amide bonds. The van der Waals surface area contributed by atoms with Gasteiger partial charge in [0, 0.05) is 12.4 Å². The number of hydrogen-bond donors (Lipinski definition) is 0. The number of fused-ring (bicyclic) bond motifs is 1. The molecule has 0 saturated heterocycles. The SMILES string of the molecule is Cc1c(OC(=O)c2ccccc2)c2ccccc2n(C)c1=O. The van der Waals surface area contributed by atoms with Crippen molar-refractivity contribution in [2.45, 2.75) is 6.92 Å². The molecule has 22 heavy (non-hydrogen) atoms. The Morgan fingerprint density at radius 2 is 1.64 bits per heavy atom. The van der Waals surface area contributed by atoms with Crippen molar-refractivity contribution in [3.8, 4) is 5.75 Å². The summed E-state index contributed by atoms with van der Waals surface area (Å²) in [5.41, 5.74) is 1.43. The number of benzene rings is 2. The monoisotopic (exact) mass is 293 g/mol. The highest BCUT2D eigenvalue weighted by Crippen LogP contribution is 2.27. The van der Waals surface area contributed by atoms with E-state index in [0.717, 1.165) is 10.9 Å². The zero-order valence-corrected chi connectivity index (χ0v) is 12.4. The molecular weight excluding hydrogens is 278 g/mol. The van der Waals surface area contributed by atoms with Gasteiger partial charge in [0.25, 0.3) is 5.56 Å². The van der Waals surface area contributed by atoms with Crippen LogP contribution in [-0.2, 0) is 7.05 Å². The molecule has 0 aliphatic heterocycles. The van der Waals surface area contributed by atoms with Gasteiger partial charge in [-0.3, -0.25) is 4.79 Å². The molecule has 4 nitrogen and oxygen atoms in total. The molecule has 0 saturated carbocycles. The molecule has 0 fully saturated rings. The van der Waals surface area contributed by atoms with Crippen LogP contribution in [-0.4, -0.2) is 10.5 Å². The van der Waals surface area contributed by atoms with Gasteiger partial charge in [0.1, 0.15) is 5.75 Å². The summed E-state index contributed by atoms with van der Waals surface area (Å²) in [5, 5.41) is 0.742. The third-order valence-electron chi connectivity index (χ3n) is 3.68. The van der Waals surface area contributed by atoms with Crippen molar-refractivity contribution in [3.63, 3.8) is 0 Å². The second-order valence-electron chi connectivity index (χ2n) is 5.09. The second kappa shape index (κ2) is 5.48. The minimum atomic E-state index is -0.470. The first-order chi connectivity index (χ1) is 10.6. The minimum absolute atomic E-state index is 0.172. The highest BCUT2D eigenvalue weighted by Gasteiger charge is 2.16. The molecule has 0 atom stereocenters.